The molecule has 6 rings (SSSR count). The number of hydrogen-bond donors (Lipinski definition) is 1. The van der Waals surface area contributed by atoms with E-state index in [0.29, 0.717) is 26.3 Å². The molecule has 196 valence electrons. The normalized spacial score (nSPS) is 20.1. The summed E-state index contributed by atoms with van der Waals surface area (Å²) < 4.78 is 1.41. The highest BCUT2D eigenvalue weighted by Crippen LogP contribution is 2.53. The molecule has 3 atom stereocenters. The Balaban J connectivity index is 1.41. The van der Waals surface area contributed by atoms with E-state index in [4.69, 9.17) is 11.6 Å². The van der Waals surface area contributed by atoms with Crippen LogP contribution in [-0.4, -0.2) is 27.5 Å². The lowest BCUT2D eigenvalue weighted by Gasteiger charge is -2.30. The molecule has 1 N–H and O–H groups in total. The zero-order chi connectivity index (χ0) is 27.3. The summed E-state index contributed by atoms with van der Waals surface area (Å²) in [4.78, 5) is 55.4. The molecule has 7 nitrogen and oxygen atoms in total. The van der Waals surface area contributed by atoms with Gasteiger partial charge >= 0.3 is 4.87 Å². The second-order valence-electron chi connectivity index (χ2n) is 9.48. The lowest BCUT2D eigenvalue weighted by molar-refractivity contribution is -0.122. The van der Waals surface area contributed by atoms with Gasteiger partial charge in [-0.1, -0.05) is 77.2 Å². The van der Waals surface area contributed by atoms with Crippen LogP contribution in [0.3, 0.4) is 0 Å². The zero-order valence-electron chi connectivity index (χ0n) is 20.7. The fraction of sp³-hybridized carbons (Fsp3) is 0.172. The van der Waals surface area contributed by atoms with E-state index in [1.54, 1.807) is 42.5 Å². The van der Waals surface area contributed by atoms with Crippen molar-refractivity contribution in [1.82, 2.24) is 4.57 Å². The van der Waals surface area contributed by atoms with Crippen molar-refractivity contribution in [3.05, 3.63) is 110 Å². The van der Waals surface area contributed by atoms with Gasteiger partial charge in [-0.05, 0) is 54.4 Å². The number of benzene rings is 3. The maximum atomic E-state index is 13.8. The molecule has 1 fully saturated rings. The van der Waals surface area contributed by atoms with Gasteiger partial charge in [-0.2, -0.15) is 0 Å². The monoisotopic (exact) mass is 575 g/mol. The van der Waals surface area contributed by atoms with Crippen molar-refractivity contribution < 1.29 is 14.4 Å². The number of carbonyl (C=O) groups is 3. The number of imide groups is 1. The van der Waals surface area contributed by atoms with Gasteiger partial charge < -0.3 is 5.32 Å². The number of anilines is 2. The van der Waals surface area contributed by atoms with Gasteiger partial charge in [-0.3, -0.25) is 23.7 Å². The number of carbonyl (C=O) groups excluding carboxylic acids is 3. The van der Waals surface area contributed by atoms with Crippen LogP contribution < -0.4 is 15.1 Å². The molecular weight excluding hydrogens is 554 g/mol. The number of thiazole rings is 1. The molecule has 2 aliphatic rings. The highest BCUT2D eigenvalue weighted by Gasteiger charge is 2.56. The molecule has 3 heterocycles. The fourth-order valence-electron chi connectivity index (χ4n) is 5.18. The number of thioether (sulfide) groups is 1. The molecular formula is C29H22ClN3O4S2. The Bertz CT molecular complexity index is 1670. The van der Waals surface area contributed by atoms with E-state index < -0.39 is 17.1 Å². The van der Waals surface area contributed by atoms with Crippen LogP contribution in [0.15, 0.2) is 88.7 Å². The molecule has 0 spiro atoms. The number of amides is 3. The lowest BCUT2D eigenvalue weighted by atomic mass is 9.83. The molecule has 0 radical (unpaired) electrons. The maximum Gasteiger partial charge on any atom is 0.308 e. The quantitative estimate of drug-likeness (QED) is 0.326. The van der Waals surface area contributed by atoms with Gasteiger partial charge in [0, 0.05) is 21.5 Å². The van der Waals surface area contributed by atoms with E-state index in [-0.39, 0.29) is 29.1 Å². The Morgan fingerprint density at radius 1 is 0.949 bits per heavy atom. The minimum absolute atomic E-state index is 0.207. The van der Waals surface area contributed by atoms with Crippen molar-refractivity contribution in [2.75, 3.05) is 10.2 Å². The lowest BCUT2D eigenvalue weighted by Crippen LogP contribution is -2.33. The van der Waals surface area contributed by atoms with Gasteiger partial charge in [0.25, 0.3) is 0 Å². The number of para-hydroxylation sites is 1. The van der Waals surface area contributed by atoms with Crippen molar-refractivity contribution in [3.8, 4) is 0 Å². The summed E-state index contributed by atoms with van der Waals surface area (Å²) in [6.07, 6.45) is 0. The van der Waals surface area contributed by atoms with Gasteiger partial charge in [-0.25, -0.2) is 4.90 Å². The number of aromatic nitrogens is 1. The minimum atomic E-state index is -0.744. The van der Waals surface area contributed by atoms with Gasteiger partial charge in [0.2, 0.25) is 17.7 Å². The summed E-state index contributed by atoms with van der Waals surface area (Å²) in [5.74, 6) is -2.23. The highest BCUT2D eigenvalue weighted by molar-refractivity contribution is 8.00. The second kappa shape index (κ2) is 10.1. The Labute approximate surface area is 237 Å². The Kier molecular flexibility index (Phi) is 6.66. The Morgan fingerprint density at radius 3 is 2.41 bits per heavy atom. The third-order valence-electron chi connectivity index (χ3n) is 6.90. The molecule has 1 saturated heterocycles. The molecule has 0 saturated carbocycles. The van der Waals surface area contributed by atoms with E-state index in [1.807, 2.05) is 43.3 Å². The zero-order valence-corrected chi connectivity index (χ0v) is 23.1. The third kappa shape index (κ3) is 4.60. The number of fused-ring (bicyclic) bond motifs is 2. The third-order valence-corrected chi connectivity index (χ3v) is 9.75. The smallest absolute Gasteiger partial charge is 0.308 e. The number of nitrogens with one attached hydrogen (secondary N) is 1. The summed E-state index contributed by atoms with van der Waals surface area (Å²) >= 11 is 8.36. The Hall–Kier alpha value is -3.66. The summed E-state index contributed by atoms with van der Waals surface area (Å²) in [5.41, 5.74) is 2.93. The predicted octanol–water partition coefficient (Wildman–Crippen LogP) is 5.31. The summed E-state index contributed by atoms with van der Waals surface area (Å²) in [6, 6.07) is 23.4. The molecule has 0 bridgehead atoms. The first-order chi connectivity index (χ1) is 18.8. The van der Waals surface area contributed by atoms with E-state index in [0.717, 1.165) is 22.5 Å². The van der Waals surface area contributed by atoms with Crippen molar-refractivity contribution in [2.45, 2.75) is 29.7 Å². The molecule has 2 aliphatic heterocycles. The first-order valence-corrected chi connectivity index (χ1v) is 14.3. The van der Waals surface area contributed by atoms with Crippen LogP contribution in [0.4, 0.5) is 11.4 Å². The van der Waals surface area contributed by atoms with Gasteiger partial charge in [0.15, 0.2) is 0 Å². The van der Waals surface area contributed by atoms with Crippen molar-refractivity contribution in [1.29, 1.82) is 0 Å². The molecule has 3 aromatic carbocycles. The van der Waals surface area contributed by atoms with E-state index >= 15 is 0 Å². The molecule has 39 heavy (non-hydrogen) atoms. The van der Waals surface area contributed by atoms with E-state index in [2.05, 4.69) is 5.32 Å². The number of rotatable bonds is 5. The molecule has 4 aromatic rings. The number of hydrogen-bond acceptors (Lipinski definition) is 6. The van der Waals surface area contributed by atoms with Crippen LogP contribution in [0, 0.1) is 12.8 Å². The maximum absolute atomic E-state index is 13.8. The second-order valence-corrected chi connectivity index (χ2v) is 12.0. The summed E-state index contributed by atoms with van der Waals surface area (Å²) in [6.45, 7) is 1.72. The standard InChI is InChI=1S/C29H22ClN3O4S2/c1-16-6-5-7-19(14-16)31-21(34)15-32-28-25(39-29(32)37)22(17-10-12-18(30)13-11-17)23-24(38-28)27(36)33(26(23)35)20-8-3-2-4-9-20/h2-14,22-24H,15H2,1H3,(H,31,34). The van der Waals surface area contributed by atoms with Crippen LogP contribution in [0.25, 0.3) is 0 Å². The van der Waals surface area contributed by atoms with Crippen molar-refractivity contribution in [2.24, 2.45) is 5.92 Å². The summed E-state index contributed by atoms with van der Waals surface area (Å²) in [5, 5.41) is 3.19. The summed E-state index contributed by atoms with van der Waals surface area (Å²) in [7, 11) is 0. The van der Waals surface area contributed by atoms with Gasteiger partial charge in [-0.15, -0.1) is 0 Å². The molecule has 10 heteroatoms. The van der Waals surface area contributed by atoms with Gasteiger partial charge in [0.05, 0.1) is 16.6 Å². The van der Waals surface area contributed by atoms with Crippen LogP contribution in [0.5, 0.6) is 0 Å². The predicted molar refractivity (Wildman–Crippen MR) is 154 cm³/mol. The minimum Gasteiger partial charge on any atom is -0.325 e. The molecule has 1 aromatic heterocycles. The number of halogens is 1. The van der Waals surface area contributed by atoms with E-state index in [9.17, 15) is 19.2 Å². The average Bonchev–Trinajstić information content (AvgIpc) is 3.36. The van der Waals surface area contributed by atoms with Crippen LogP contribution in [-0.2, 0) is 20.9 Å². The SMILES string of the molecule is Cc1cccc(NC(=O)Cn2c3c(sc2=O)C(c2ccc(Cl)cc2)C2C(=O)N(c4ccccc4)C(=O)C2S3)c1. The average molecular weight is 576 g/mol. The first kappa shape index (κ1) is 25.6. The van der Waals surface area contributed by atoms with Gasteiger partial charge in [0.1, 0.15) is 11.8 Å². The topological polar surface area (TPSA) is 88.5 Å². The Morgan fingerprint density at radius 2 is 1.69 bits per heavy atom. The largest absolute Gasteiger partial charge is 0.325 e. The van der Waals surface area contributed by atoms with Crippen molar-refractivity contribution >= 4 is 63.8 Å². The van der Waals surface area contributed by atoms with Crippen LogP contribution >= 0.6 is 34.7 Å². The molecule has 3 unspecified atom stereocenters. The van der Waals surface area contributed by atoms with Crippen LogP contribution in [0.1, 0.15) is 21.9 Å². The number of aryl methyl sites for hydroxylation is 1. The first-order valence-electron chi connectivity index (χ1n) is 12.3. The number of nitrogens with zero attached hydrogens (tertiary/aromatic N) is 2. The highest BCUT2D eigenvalue weighted by atomic mass is 35.5. The van der Waals surface area contributed by atoms with Crippen molar-refractivity contribution in [3.63, 3.8) is 0 Å². The van der Waals surface area contributed by atoms with E-state index in [1.165, 1.54) is 21.2 Å². The molecule has 0 aliphatic carbocycles. The van der Waals surface area contributed by atoms with Crippen LogP contribution in [0.2, 0.25) is 5.02 Å². The molecule has 3 amide bonds. The fourth-order valence-corrected chi connectivity index (χ4v) is 8.08.